The SMILES string of the molecule is CN(C)C(=O)[C@H](OC(=O)c1cc2c(s1)-c1ccccc1OC2)c1ccccc1. The molecular weight excluding hydrogens is 374 g/mol. The number of carbonyl (C=O) groups is 2. The normalized spacial score (nSPS) is 12.9. The molecule has 0 fully saturated rings. The maximum atomic E-state index is 12.9. The van der Waals surface area contributed by atoms with Gasteiger partial charge in [0, 0.05) is 35.7 Å². The van der Waals surface area contributed by atoms with Crippen molar-refractivity contribution in [1.29, 1.82) is 0 Å². The zero-order chi connectivity index (χ0) is 19.7. The van der Waals surface area contributed by atoms with Gasteiger partial charge in [-0.05, 0) is 18.2 Å². The van der Waals surface area contributed by atoms with Gasteiger partial charge in [0.2, 0.25) is 6.10 Å². The van der Waals surface area contributed by atoms with E-state index in [2.05, 4.69) is 0 Å². The molecule has 0 spiro atoms. The second-order valence-electron chi connectivity index (χ2n) is 6.68. The van der Waals surface area contributed by atoms with Gasteiger partial charge in [0.05, 0.1) is 0 Å². The van der Waals surface area contributed by atoms with E-state index in [4.69, 9.17) is 9.47 Å². The highest BCUT2D eigenvalue weighted by Crippen LogP contribution is 2.42. The number of benzene rings is 2. The molecule has 1 atom stereocenters. The zero-order valence-corrected chi connectivity index (χ0v) is 16.4. The van der Waals surface area contributed by atoms with Crippen LogP contribution in [0.25, 0.3) is 10.4 Å². The fraction of sp³-hybridized carbons (Fsp3) is 0.182. The number of thiophene rings is 1. The summed E-state index contributed by atoms with van der Waals surface area (Å²) in [6, 6.07) is 18.6. The Balaban J connectivity index is 1.63. The highest BCUT2D eigenvalue weighted by atomic mass is 32.1. The summed E-state index contributed by atoms with van der Waals surface area (Å²) in [5.74, 6) is 0.0113. The minimum Gasteiger partial charge on any atom is -0.488 e. The second-order valence-corrected chi connectivity index (χ2v) is 7.73. The van der Waals surface area contributed by atoms with Crippen molar-refractivity contribution in [3.05, 3.63) is 76.7 Å². The molecule has 0 N–H and O–H groups in total. The summed E-state index contributed by atoms with van der Waals surface area (Å²) in [6.07, 6.45) is -0.980. The van der Waals surface area contributed by atoms with E-state index in [0.717, 1.165) is 21.8 Å². The zero-order valence-electron chi connectivity index (χ0n) is 15.5. The second kappa shape index (κ2) is 7.48. The van der Waals surface area contributed by atoms with Gasteiger partial charge >= 0.3 is 5.97 Å². The lowest BCUT2D eigenvalue weighted by molar-refractivity contribution is -0.138. The predicted molar refractivity (Wildman–Crippen MR) is 107 cm³/mol. The van der Waals surface area contributed by atoms with Crippen LogP contribution in [0.1, 0.15) is 26.9 Å². The predicted octanol–water partition coefficient (Wildman–Crippen LogP) is 4.29. The van der Waals surface area contributed by atoms with E-state index in [1.54, 1.807) is 32.3 Å². The van der Waals surface area contributed by atoms with E-state index in [9.17, 15) is 9.59 Å². The largest absolute Gasteiger partial charge is 0.488 e. The third kappa shape index (κ3) is 3.39. The van der Waals surface area contributed by atoms with Crippen LogP contribution < -0.4 is 4.74 Å². The van der Waals surface area contributed by atoms with E-state index in [1.807, 2.05) is 42.5 Å². The number of para-hydroxylation sites is 1. The summed E-state index contributed by atoms with van der Waals surface area (Å²) in [7, 11) is 3.29. The van der Waals surface area contributed by atoms with E-state index in [-0.39, 0.29) is 5.91 Å². The first-order valence-corrected chi connectivity index (χ1v) is 9.68. The highest BCUT2D eigenvalue weighted by Gasteiger charge is 2.29. The van der Waals surface area contributed by atoms with Crippen LogP contribution in [-0.4, -0.2) is 30.9 Å². The summed E-state index contributed by atoms with van der Waals surface area (Å²) in [5.41, 5.74) is 2.56. The Bertz CT molecular complexity index is 1030. The van der Waals surface area contributed by atoms with E-state index < -0.39 is 12.1 Å². The molecule has 1 aromatic heterocycles. The smallest absolute Gasteiger partial charge is 0.349 e. The number of ether oxygens (including phenoxy) is 2. The number of carbonyl (C=O) groups excluding carboxylic acids is 2. The molecule has 2 aromatic carbocycles. The Morgan fingerprint density at radius 1 is 1.07 bits per heavy atom. The maximum Gasteiger partial charge on any atom is 0.349 e. The summed E-state index contributed by atoms with van der Waals surface area (Å²) < 4.78 is 11.4. The summed E-state index contributed by atoms with van der Waals surface area (Å²) in [4.78, 5) is 28.3. The van der Waals surface area contributed by atoms with Crippen molar-refractivity contribution < 1.29 is 19.1 Å². The minimum absolute atomic E-state index is 0.283. The highest BCUT2D eigenvalue weighted by molar-refractivity contribution is 7.17. The third-order valence-electron chi connectivity index (χ3n) is 4.52. The quantitative estimate of drug-likeness (QED) is 0.621. The fourth-order valence-corrected chi connectivity index (χ4v) is 4.17. The number of hydrogen-bond donors (Lipinski definition) is 0. The first kappa shape index (κ1) is 18.3. The van der Waals surface area contributed by atoms with Gasteiger partial charge in [0.25, 0.3) is 5.91 Å². The monoisotopic (exact) mass is 393 g/mol. The fourth-order valence-electron chi connectivity index (χ4n) is 3.09. The van der Waals surface area contributed by atoms with Crippen LogP contribution in [0.4, 0.5) is 0 Å². The van der Waals surface area contributed by atoms with Crippen LogP contribution >= 0.6 is 11.3 Å². The Morgan fingerprint density at radius 3 is 2.54 bits per heavy atom. The van der Waals surface area contributed by atoms with E-state index >= 15 is 0 Å². The third-order valence-corrected chi connectivity index (χ3v) is 5.71. The first-order valence-electron chi connectivity index (χ1n) is 8.86. The summed E-state index contributed by atoms with van der Waals surface area (Å²) in [6.45, 7) is 0.412. The molecule has 1 amide bonds. The number of likely N-dealkylation sites (N-methyl/N-ethyl adjacent to an activating group) is 1. The van der Waals surface area contributed by atoms with E-state index in [1.165, 1.54) is 16.2 Å². The lowest BCUT2D eigenvalue weighted by Gasteiger charge is -2.20. The maximum absolute atomic E-state index is 12.9. The Hall–Kier alpha value is -3.12. The summed E-state index contributed by atoms with van der Waals surface area (Å²) in [5, 5.41) is 0. The number of fused-ring (bicyclic) bond motifs is 3. The van der Waals surface area contributed by atoms with Gasteiger partial charge in [-0.1, -0.05) is 42.5 Å². The molecule has 0 unspecified atom stereocenters. The van der Waals surface area contributed by atoms with Crippen molar-refractivity contribution in [2.75, 3.05) is 14.1 Å². The molecule has 1 aliphatic rings. The Kier molecular flexibility index (Phi) is 4.88. The number of hydrogen-bond acceptors (Lipinski definition) is 5. The van der Waals surface area contributed by atoms with Crippen LogP contribution in [0.15, 0.2) is 60.7 Å². The van der Waals surface area contributed by atoms with Crippen molar-refractivity contribution in [3.8, 4) is 16.2 Å². The minimum atomic E-state index is -0.980. The summed E-state index contributed by atoms with van der Waals surface area (Å²) >= 11 is 1.36. The lowest BCUT2D eigenvalue weighted by atomic mass is 10.1. The first-order chi connectivity index (χ1) is 13.5. The number of esters is 1. The van der Waals surface area contributed by atoms with Crippen LogP contribution in [0.3, 0.4) is 0 Å². The molecule has 28 heavy (non-hydrogen) atoms. The molecule has 0 radical (unpaired) electrons. The van der Waals surface area contributed by atoms with Gasteiger partial charge in [-0.25, -0.2) is 4.79 Å². The van der Waals surface area contributed by atoms with Crippen molar-refractivity contribution in [2.45, 2.75) is 12.7 Å². The Labute approximate surface area is 167 Å². The standard InChI is InChI=1S/C22H19NO4S/c1-23(2)21(24)19(14-8-4-3-5-9-14)27-22(25)18-12-15-13-26-17-11-7-6-10-16(17)20(15)28-18/h3-12,19H,13H2,1-2H3/t19-/m1/s1. The number of nitrogens with zero attached hydrogens (tertiary/aromatic N) is 1. The molecule has 6 heteroatoms. The van der Waals surface area contributed by atoms with Crippen molar-refractivity contribution in [3.63, 3.8) is 0 Å². The van der Waals surface area contributed by atoms with Gasteiger partial charge in [-0.2, -0.15) is 0 Å². The molecule has 4 rings (SSSR count). The molecule has 3 aromatic rings. The van der Waals surface area contributed by atoms with Gasteiger partial charge < -0.3 is 14.4 Å². The molecule has 2 heterocycles. The van der Waals surface area contributed by atoms with Gasteiger partial charge in [-0.3, -0.25) is 4.79 Å². The molecule has 1 aliphatic heterocycles. The van der Waals surface area contributed by atoms with Gasteiger partial charge in [0.15, 0.2) is 0 Å². The average molecular weight is 393 g/mol. The average Bonchev–Trinajstić information content (AvgIpc) is 3.17. The molecule has 142 valence electrons. The van der Waals surface area contributed by atoms with Crippen LogP contribution in [0, 0.1) is 0 Å². The van der Waals surface area contributed by atoms with Crippen molar-refractivity contribution >= 4 is 23.2 Å². The van der Waals surface area contributed by atoms with Crippen LogP contribution in [0.2, 0.25) is 0 Å². The topological polar surface area (TPSA) is 55.8 Å². The van der Waals surface area contributed by atoms with Crippen molar-refractivity contribution in [2.24, 2.45) is 0 Å². The van der Waals surface area contributed by atoms with Crippen LogP contribution in [-0.2, 0) is 16.1 Å². The number of amides is 1. The van der Waals surface area contributed by atoms with Gasteiger partial charge in [-0.15, -0.1) is 11.3 Å². The lowest BCUT2D eigenvalue weighted by Crippen LogP contribution is -2.31. The van der Waals surface area contributed by atoms with E-state index in [0.29, 0.717) is 17.0 Å². The van der Waals surface area contributed by atoms with Crippen LogP contribution in [0.5, 0.6) is 5.75 Å². The molecule has 0 saturated carbocycles. The molecular formula is C22H19NO4S. The number of rotatable bonds is 4. The molecule has 0 aliphatic carbocycles. The Morgan fingerprint density at radius 2 is 1.79 bits per heavy atom. The molecule has 0 bridgehead atoms. The van der Waals surface area contributed by atoms with Crippen molar-refractivity contribution in [1.82, 2.24) is 4.90 Å². The van der Waals surface area contributed by atoms with Gasteiger partial charge in [0.1, 0.15) is 17.2 Å². The molecule has 0 saturated heterocycles. The molecule has 5 nitrogen and oxygen atoms in total.